The minimum absolute atomic E-state index is 0.104. The van der Waals surface area contributed by atoms with Gasteiger partial charge < -0.3 is 14.4 Å². The Kier molecular flexibility index (Phi) is 4.73. The number of amides is 1. The third-order valence-electron chi connectivity index (χ3n) is 2.48. The van der Waals surface area contributed by atoms with Crippen LogP contribution in [0.3, 0.4) is 0 Å². The molecule has 1 heterocycles. The Morgan fingerprint density at radius 2 is 2.14 bits per heavy atom. The predicted octanol–water partition coefficient (Wildman–Crippen LogP) is 1.62. The van der Waals surface area contributed by atoms with E-state index in [2.05, 4.69) is 4.74 Å². The fourth-order valence-corrected chi connectivity index (χ4v) is 1.72. The fourth-order valence-electron chi connectivity index (χ4n) is 1.63. The number of nitrogens with zero attached hydrogens (tertiary/aromatic N) is 1. The summed E-state index contributed by atoms with van der Waals surface area (Å²) in [5.74, 6) is 0.424. The number of piperidine rings is 1. The number of carbonyl (C=O) groups is 2. The van der Waals surface area contributed by atoms with Crippen LogP contribution in [-0.2, 0) is 9.53 Å². The van der Waals surface area contributed by atoms with Gasteiger partial charge in [0, 0.05) is 19.5 Å². The smallest absolute Gasteiger partial charge is 0.410 e. The molecule has 4 nitrogen and oxygen atoms in total. The van der Waals surface area contributed by atoms with Gasteiger partial charge in [-0.1, -0.05) is 11.6 Å². The number of halogens is 1. The first kappa shape index (κ1) is 11.3. The van der Waals surface area contributed by atoms with E-state index in [1.165, 1.54) is 0 Å². The van der Waals surface area contributed by atoms with Gasteiger partial charge in [-0.3, -0.25) is 0 Å². The average molecular weight is 220 g/mol. The molecule has 0 unspecified atom stereocenters. The van der Waals surface area contributed by atoms with E-state index < -0.39 is 0 Å². The molecule has 1 saturated heterocycles. The van der Waals surface area contributed by atoms with Gasteiger partial charge in [0.1, 0.15) is 6.29 Å². The number of hydrogen-bond acceptors (Lipinski definition) is 3. The molecule has 1 fully saturated rings. The van der Waals surface area contributed by atoms with Crippen LogP contribution >= 0.6 is 11.6 Å². The van der Waals surface area contributed by atoms with Gasteiger partial charge in [0.05, 0.1) is 0 Å². The van der Waals surface area contributed by atoms with Crippen LogP contribution in [0.2, 0.25) is 0 Å². The molecule has 1 rings (SSSR count). The van der Waals surface area contributed by atoms with Crippen LogP contribution in [-0.4, -0.2) is 36.4 Å². The summed E-state index contributed by atoms with van der Waals surface area (Å²) in [7, 11) is 0. The van der Waals surface area contributed by atoms with E-state index in [1.54, 1.807) is 4.90 Å². The van der Waals surface area contributed by atoms with E-state index in [-0.39, 0.29) is 12.2 Å². The molecule has 14 heavy (non-hydrogen) atoms. The Morgan fingerprint density at radius 3 is 2.64 bits per heavy atom. The summed E-state index contributed by atoms with van der Waals surface area (Å²) in [6.45, 7) is 1.32. The quantitative estimate of drug-likeness (QED) is 0.535. The van der Waals surface area contributed by atoms with Gasteiger partial charge in [0.15, 0.2) is 6.07 Å². The van der Waals surface area contributed by atoms with Crippen molar-refractivity contribution in [1.82, 2.24) is 4.90 Å². The monoisotopic (exact) mass is 219 g/mol. The summed E-state index contributed by atoms with van der Waals surface area (Å²) in [5.41, 5.74) is 0. The maximum absolute atomic E-state index is 11.2. The topological polar surface area (TPSA) is 46.6 Å². The Hall–Kier alpha value is -0.770. The molecule has 0 aliphatic carbocycles. The molecule has 1 aliphatic heterocycles. The van der Waals surface area contributed by atoms with Crippen LogP contribution in [0.15, 0.2) is 0 Å². The van der Waals surface area contributed by atoms with Crippen molar-refractivity contribution < 1.29 is 14.3 Å². The number of alkyl halides is 1. The van der Waals surface area contributed by atoms with Crippen molar-refractivity contribution in [2.24, 2.45) is 5.92 Å². The first-order valence-electron chi connectivity index (χ1n) is 4.69. The van der Waals surface area contributed by atoms with E-state index in [1.807, 2.05) is 0 Å². The molecule has 0 aromatic rings. The zero-order valence-corrected chi connectivity index (χ0v) is 8.70. The van der Waals surface area contributed by atoms with Gasteiger partial charge in [-0.15, -0.1) is 0 Å². The van der Waals surface area contributed by atoms with Crippen molar-refractivity contribution in [3.05, 3.63) is 0 Å². The zero-order chi connectivity index (χ0) is 10.4. The highest BCUT2D eigenvalue weighted by molar-refractivity contribution is 6.17. The number of carbonyl (C=O) groups excluding carboxylic acids is 2. The normalized spacial score (nSPS) is 17.9. The van der Waals surface area contributed by atoms with Gasteiger partial charge in [-0.25, -0.2) is 4.79 Å². The summed E-state index contributed by atoms with van der Waals surface area (Å²) >= 11 is 5.28. The van der Waals surface area contributed by atoms with Crippen molar-refractivity contribution in [2.75, 3.05) is 19.2 Å². The minimum atomic E-state index is -0.357. The second-order valence-electron chi connectivity index (χ2n) is 3.35. The molecule has 0 radical (unpaired) electrons. The Bertz CT molecular complexity index is 202. The van der Waals surface area contributed by atoms with Gasteiger partial charge >= 0.3 is 6.09 Å². The summed E-state index contributed by atoms with van der Waals surface area (Å²) in [4.78, 5) is 23.1. The van der Waals surface area contributed by atoms with Crippen molar-refractivity contribution in [3.8, 4) is 0 Å². The lowest BCUT2D eigenvalue weighted by molar-refractivity contribution is -0.108. The van der Waals surface area contributed by atoms with E-state index >= 15 is 0 Å². The Labute approximate surface area is 88.2 Å². The highest BCUT2D eigenvalue weighted by atomic mass is 35.5. The standard InChI is InChI=1S/C9H14ClNO3/c10-7-14-9(13)11-4-1-8(2-5-11)3-6-12/h6,8H,1-5,7H2. The van der Waals surface area contributed by atoms with Crippen LogP contribution in [0.25, 0.3) is 0 Å². The minimum Gasteiger partial charge on any atom is -0.433 e. The predicted molar refractivity (Wildman–Crippen MR) is 52.2 cm³/mol. The third-order valence-corrected chi connectivity index (χ3v) is 2.59. The van der Waals surface area contributed by atoms with Crippen LogP contribution in [0.4, 0.5) is 4.79 Å². The van der Waals surface area contributed by atoms with Crippen molar-refractivity contribution in [3.63, 3.8) is 0 Å². The Balaban J connectivity index is 2.27. The van der Waals surface area contributed by atoms with Crippen molar-refractivity contribution in [2.45, 2.75) is 19.3 Å². The van der Waals surface area contributed by atoms with E-state index in [9.17, 15) is 9.59 Å². The summed E-state index contributed by atoms with van der Waals surface area (Å²) in [6, 6.07) is -0.104. The van der Waals surface area contributed by atoms with Crippen LogP contribution in [0.1, 0.15) is 19.3 Å². The molecule has 0 spiro atoms. The molecule has 0 saturated carbocycles. The molecule has 80 valence electrons. The van der Waals surface area contributed by atoms with Crippen molar-refractivity contribution in [1.29, 1.82) is 0 Å². The molecule has 5 heteroatoms. The molecule has 1 aliphatic rings. The van der Waals surface area contributed by atoms with Crippen LogP contribution in [0, 0.1) is 5.92 Å². The zero-order valence-electron chi connectivity index (χ0n) is 7.95. The largest absolute Gasteiger partial charge is 0.433 e. The molecule has 0 aromatic carbocycles. The van der Waals surface area contributed by atoms with E-state index in [0.717, 1.165) is 19.1 Å². The second-order valence-corrected chi connectivity index (χ2v) is 3.57. The first-order chi connectivity index (χ1) is 6.77. The number of hydrogen-bond donors (Lipinski definition) is 0. The maximum atomic E-state index is 11.2. The number of likely N-dealkylation sites (tertiary alicyclic amines) is 1. The molecular weight excluding hydrogens is 206 g/mol. The SMILES string of the molecule is O=CCC1CCN(C(=O)OCCl)CC1. The lowest BCUT2D eigenvalue weighted by Gasteiger charge is -2.30. The number of rotatable bonds is 3. The lowest BCUT2D eigenvalue weighted by Crippen LogP contribution is -2.38. The second kappa shape index (κ2) is 5.86. The molecule has 0 aromatic heterocycles. The molecule has 0 bridgehead atoms. The molecular formula is C9H14ClNO3. The number of aldehydes is 1. The summed E-state index contributed by atoms with van der Waals surface area (Å²) < 4.78 is 4.66. The maximum Gasteiger partial charge on any atom is 0.410 e. The summed E-state index contributed by atoms with van der Waals surface area (Å²) in [6.07, 6.45) is 2.92. The van der Waals surface area contributed by atoms with Crippen LogP contribution < -0.4 is 0 Å². The van der Waals surface area contributed by atoms with Gasteiger partial charge in [-0.2, -0.15) is 0 Å². The van der Waals surface area contributed by atoms with E-state index in [0.29, 0.717) is 25.4 Å². The average Bonchev–Trinajstić information content (AvgIpc) is 2.20. The molecule has 0 atom stereocenters. The van der Waals surface area contributed by atoms with E-state index in [4.69, 9.17) is 11.6 Å². The lowest BCUT2D eigenvalue weighted by atomic mass is 9.94. The third kappa shape index (κ3) is 3.18. The molecule has 1 amide bonds. The molecule has 0 N–H and O–H groups in total. The van der Waals surface area contributed by atoms with Crippen LogP contribution in [0.5, 0.6) is 0 Å². The fraction of sp³-hybridized carbons (Fsp3) is 0.778. The first-order valence-corrected chi connectivity index (χ1v) is 5.22. The highest BCUT2D eigenvalue weighted by Gasteiger charge is 2.22. The highest BCUT2D eigenvalue weighted by Crippen LogP contribution is 2.19. The van der Waals surface area contributed by atoms with Gasteiger partial charge in [-0.05, 0) is 18.8 Å². The van der Waals surface area contributed by atoms with Crippen molar-refractivity contribution >= 4 is 24.0 Å². The summed E-state index contributed by atoms with van der Waals surface area (Å²) in [5, 5.41) is 0. The van der Waals surface area contributed by atoms with Gasteiger partial charge in [0.25, 0.3) is 0 Å². The Morgan fingerprint density at radius 1 is 1.50 bits per heavy atom. The van der Waals surface area contributed by atoms with Gasteiger partial charge in [0.2, 0.25) is 0 Å². The number of ether oxygens (including phenoxy) is 1.